The lowest BCUT2D eigenvalue weighted by molar-refractivity contribution is 0.135. The van der Waals surface area contributed by atoms with Crippen LogP contribution in [0.1, 0.15) is 25.0 Å². The van der Waals surface area contributed by atoms with E-state index in [0.717, 1.165) is 27.6 Å². The molecule has 5 nitrogen and oxygen atoms in total. The fourth-order valence-electron chi connectivity index (χ4n) is 2.81. The molecule has 0 aliphatic carbocycles. The zero-order chi connectivity index (χ0) is 24.5. The van der Waals surface area contributed by atoms with Gasteiger partial charge in [0, 0.05) is 29.5 Å². The number of hydrogen-bond acceptors (Lipinski definition) is 5. The van der Waals surface area contributed by atoms with Crippen LogP contribution < -0.4 is 4.31 Å². The smallest absolute Gasteiger partial charge is 0.294 e. The molecular weight excluding hydrogens is 464 g/mol. The van der Waals surface area contributed by atoms with Gasteiger partial charge in [0.25, 0.3) is 6.43 Å². The van der Waals surface area contributed by atoms with Crippen molar-refractivity contribution in [2.24, 2.45) is 15.9 Å². The highest BCUT2D eigenvalue weighted by Gasteiger charge is 2.16. The molecule has 0 fully saturated rings. The number of alkyl halides is 2. The Bertz CT molecular complexity index is 1020. The summed E-state index contributed by atoms with van der Waals surface area (Å²) in [5.41, 5.74) is 3.04. The Kier molecular flexibility index (Phi) is 10.2. The van der Waals surface area contributed by atoms with Crippen molar-refractivity contribution < 1.29 is 17.7 Å². The van der Waals surface area contributed by atoms with Gasteiger partial charge in [-0.3, -0.25) is 14.3 Å². The predicted octanol–water partition coefficient (Wildman–Crippen LogP) is 6.24. The number of halogens is 2. The first-order chi connectivity index (χ1) is 15.7. The molecule has 178 valence electrons. The van der Waals surface area contributed by atoms with Crippen LogP contribution in [0.2, 0.25) is 0 Å². The summed E-state index contributed by atoms with van der Waals surface area (Å²) < 4.78 is 44.9. The topological polar surface area (TPSA) is 54.3 Å². The van der Waals surface area contributed by atoms with Crippen LogP contribution >= 0.6 is 11.8 Å². The highest BCUT2D eigenvalue weighted by Crippen LogP contribution is 2.35. The Morgan fingerprint density at radius 3 is 2.39 bits per heavy atom. The maximum absolute atomic E-state index is 12.7. The molecule has 2 aromatic carbocycles. The van der Waals surface area contributed by atoms with Crippen molar-refractivity contribution >= 4 is 46.7 Å². The number of aliphatic imine (C=N–C) groups is 2. The van der Waals surface area contributed by atoms with Crippen molar-refractivity contribution in [3.8, 4) is 0 Å². The molecule has 2 rings (SSSR count). The minimum absolute atomic E-state index is 0.0575. The number of thioether (sulfide) groups is 1. The summed E-state index contributed by atoms with van der Waals surface area (Å²) >= 11 is 1.70. The summed E-state index contributed by atoms with van der Waals surface area (Å²) in [5.74, 6) is 0.854. The second-order valence-electron chi connectivity index (χ2n) is 7.57. The van der Waals surface area contributed by atoms with E-state index in [1.807, 2.05) is 30.3 Å². The number of hydrogen-bond donors (Lipinski definition) is 0. The van der Waals surface area contributed by atoms with E-state index >= 15 is 0 Å². The average Bonchev–Trinajstić information content (AvgIpc) is 2.79. The first kappa shape index (κ1) is 26.7. The van der Waals surface area contributed by atoms with E-state index in [0.29, 0.717) is 18.0 Å². The number of ether oxygens (including phenoxy) is 1. The molecule has 33 heavy (non-hydrogen) atoms. The van der Waals surface area contributed by atoms with E-state index in [2.05, 4.69) is 37.1 Å². The Balaban J connectivity index is 2.25. The summed E-state index contributed by atoms with van der Waals surface area (Å²) in [6.45, 7) is 11.6. The molecule has 0 amide bonds. The maximum atomic E-state index is 12.7. The first-order valence-electron chi connectivity index (χ1n) is 10.2. The van der Waals surface area contributed by atoms with Crippen LogP contribution in [-0.2, 0) is 22.3 Å². The third-order valence-corrected chi connectivity index (χ3v) is 6.92. The van der Waals surface area contributed by atoms with Crippen LogP contribution in [0.25, 0.3) is 0 Å². The summed E-state index contributed by atoms with van der Waals surface area (Å²) in [6, 6.07) is 12.8. The molecule has 0 saturated carbocycles. The van der Waals surface area contributed by atoms with Crippen LogP contribution in [-0.4, -0.2) is 42.3 Å². The fraction of sp³-hybridized carbons (Fsp3) is 0.333. The standard InChI is InChI=1S/C24H29F2N3O2S2/c1-16(2)15-32-22-13-20(11-12-21(22)27-4)29(33(6)30)14-18-7-9-19(10-8-18)24(28-5)31-17(3)23(25)26/h7-13,16,23H,3-4,14-15H2,1-2,5-6H3. The molecule has 0 aliphatic rings. The second-order valence-corrected chi connectivity index (χ2v) is 9.92. The monoisotopic (exact) mass is 493 g/mol. The summed E-state index contributed by atoms with van der Waals surface area (Å²) in [6.07, 6.45) is -1.17. The number of rotatable bonds is 11. The van der Waals surface area contributed by atoms with Crippen molar-refractivity contribution in [2.75, 3.05) is 23.4 Å². The molecule has 0 heterocycles. The van der Waals surface area contributed by atoms with E-state index in [9.17, 15) is 13.0 Å². The molecule has 0 aliphatic heterocycles. The molecule has 0 spiro atoms. The summed E-state index contributed by atoms with van der Waals surface area (Å²) in [7, 11) is 0.180. The van der Waals surface area contributed by atoms with E-state index in [-0.39, 0.29) is 5.90 Å². The number of benzene rings is 2. The van der Waals surface area contributed by atoms with Crippen molar-refractivity contribution in [3.05, 3.63) is 65.9 Å². The third kappa shape index (κ3) is 7.78. The summed E-state index contributed by atoms with van der Waals surface area (Å²) in [4.78, 5) is 9.02. The molecule has 9 heteroatoms. The zero-order valence-corrected chi connectivity index (χ0v) is 20.9. The Morgan fingerprint density at radius 2 is 1.88 bits per heavy atom. The Hall–Kier alpha value is -2.52. The highest BCUT2D eigenvalue weighted by molar-refractivity contribution is 7.99. The van der Waals surface area contributed by atoms with Gasteiger partial charge in [0.1, 0.15) is 11.0 Å². The largest absolute Gasteiger partial charge is 0.438 e. The lowest BCUT2D eigenvalue weighted by Gasteiger charge is -2.23. The third-order valence-electron chi connectivity index (χ3n) is 4.49. The summed E-state index contributed by atoms with van der Waals surface area (Å²) in [5, 5.41) is 0. The van der Waals surface area contributed by atoms with E-state index in [4.69, 9.17) is 4.74 Å². The second kappa shape index (κ2) is 12.6. The Morgan fingerprint density at radius 1 is 1.21 bits per heavy atom. The molecule has 0 radical (unpaired) electrons. The molecule has 0 N–H and O–H groups in total. The first-order valence-corrected chi connectivity index (χ1v) is 12.7. The molecule has 1 atom stereocenters. The average molecular weight is 494 g/mol. The van der Waals surface area contributed by atoms with E-state index < -0.39 is 23.2 Å². The van der Waals surface area contributed by atoms with Crippen molar-refractivity contribution in [1.82, 2.24) is 0 Å². The van der Waals surface area contributed by atoms with Gasteiger partial charge in [-0.25, -0.2) is 13.0 Å². The molecule has 0 bridgehead atoms. The van der Waals surface area contributed by atoms with Gasteiger partial charge in [-0.2, -0.15) is 0 Å². The lowest BCUT2D eigenvalue weighted by atomic mass is 10.1. The quantitative estimate of drug-likeness (QED) is 0.161. The van der Waals surface area contributed by atoms with E-state index in [1.165, 1.54) is 7.05 Å². The minimum atomic E-state index is -2.79. The van der Waals surface area contributed by atoms with Crippen molar-refractivity contribution in [2.45, 2.75) is 31.7 Å². The van der Waals surface area contributed by atoms with Gasteiger partial charge in [0.2, 0.25) is 5.90 Å². The van der Waals surface area contributed by atoms with Crippen LogP contribution in [0, 0.1) is 5.92 Å². The van der Waals surface area contributed by atoms with Gasteiger partial charge in [-0.15, -0.1) is 11.8 Å². The molecular formula is C24H29F2N3O2S2. The van der Waals surface area contributed by atoms with Crippen LogP contribution in [0.5, 0.6) is 0 Å². The van der Waals surface area contributed by atoms with Crippen LogP contribution in [0.4, 0.5) is 20.2 Å². The van der Waals surface area contributed by atoms with Gasteiger partial charge >= 0.3 is 0 Å². The molecule has 2 aromatic rings. The number of nitrogens with zero attached hydrogens (tertiary/aromatic N) is 3. The van der Waals surface area contributed by atoms with Crippen molar-refractivity contribution in [1.29, 1.82) is 0 Å². The van der Waals surface area contributed by atoms with Gasteiger partial charge in [-0.1, -0.05) is 32.6 Å². The number of anilines is 1. The molecule has 0 aromatic heterocycles. The van der Waals surface area contributed by atoms with Crippen LogP contribution in [0.3, 0.4) is 0 Å². The fourth-order valence-corrected chi connectivity index (χ4v) is 4.55. The Labute approximate surface area is 201 Å². The zero-order valence-electron chi connectivity index (χ0n) is 19.3. The molecule has 0 saturated heterocycles. The van der Waals surface area contributed by atoms with Gasteiger partial charge in [0.05, 0.1) is 17.9 Å². The normalized spacial score (nSPS) is 12.7. The van der Waals surface area contributed by atoms with Crippen molar-refractivity contribution in [3.63, 3.8) is 0 Å². The predicted molar refractivity (Wildman–Crippen MR) is 137 cm³/mol. The minimum Gasteiger partial charge on any atom is -0.438 e. The molecule has 1 unspecified atom stereocenters. The SMILES string of the molecule is C=Nc1ccc(N(Cc2ccc(C(=NC)OC(=C)C(F)F)cc2)S(C)=O)cc1SCC(C)C. The van der Waals surface area contributed by atoms with E-state index in [1.54, 1.807) is 34.5 Å². The highest BCUT2D eigenvalue weighted by atomic mass is 32.2. The van der Waals surface area contributed by atoms with Crippen LogP contribution in [0.15, 0.2) is 69.7 Å². The number of allylic oxidation sites excluding steroid dienone is 1. The maximum Gasteiger partial charge on any atom is 0.294 e. The van der Waals surface area contributed by atoms with Gasteiger partial charge in [0.15, 0.2) is 5.76 Å². The lowest BCUT2D eigenvalue weighted by Crippen LogP contribution is -2.24. The van der Waals surface area contributed by atoms with Gasteiger partial charge in [-0.05, 0) is 48.5 Å². The van der Waals surface area contributed by atoms with Gasteiger partial charge < -0.3 is 4.74 Å².